The van der Waals surface area contributed by atoms with Crippen molar-refractivity contribution in [2.45, 2.75) is 65.2 Å². The first-order valence-electron chi connectivity index (χ1n) is 12.5. The number of nitrogens with one attached hydrogen (secondary N) is 1. The molecule has 1 unspecified atom stereocenters. The summed E-state index contributed by atoms with van der Waals surface area (Å²) in [4.78, 5) is 41.4. The first-order chi connectivity index (χ1) is 16.6. The molecule has 1 aliphatic heterocycles. The molecule has 1 atom stereocenters. The summed E-state index contributed by atoms with van der Waals surface area (Å²) < 4.78 is 16.4. The molecular formula is C26H39N3O6. The molecule has 9 nitrogen and oxygen atoms in total. The summed E-state index contributed by atoms with van der Waals surface area (Å²) in [5.74, 6) is -0.170. The largest absolute Gasteiger partial charge is 0.466 e. The van der Waals surface area contributed by atoms with Gasteiger partial charge in [-0.15, -0.1) is 0 Å². The van der Waals surface area contributed by atoms with Crippen LogP contribution in [0.1, 0.15) is 52.5 Å². The van der Waals surface area contributed by atoms with Crippen molar-refractivity contribution < 1.29 is 28.6 Å². The van der Waals surface area contributed by atoms with Gasteiger partial charge in [0.05, 0.1) is 18.1 Å². The van der Waals surface area contributed by atoms with E-state index in [0.717, 1.165) is 24.8 Å². The second kappa shape index (κ2) is 11.7. The zero-order valence-corrected chi connectivity index (χ0v) is 21.4. The van der Waals surface area contributed by atoms with Gasteiger partial charge < -0.3 is 29.3 Å². The number of carbonyl (C=O) groups excluding carboxylic acids is 3. The van der Waals surface area contributed by atoms with Crippen molar-refractivity contribution in [2.75, 3.05) is 39.3 Å². The van der Waals surface area contributed by atoms with Gasteiger partial charge >= 0.3 is 18.2 Å². The molecule has 0 radical (unpaired) electrons. The van der Waals surface area contributed by atoms with Gasteiger partial charge in [0.15, 0.2) is 0 Å². The number of ether oxygens (including phenoxy) is 3. The molecule has 1 saturated heterocycles. The van der Waals surface area contributed by atoms with E-state index in [1.807, 2.05) is 58.0 Å². The highest BCUT2D eigenvalue weighted by Crippen LogP contribution is 2.41. The van der Waals surface area contributed by atoms with Crippen molar-refractivity contribution in [1.82, 2.24) is 15.1 Å². The topological polar surface area (TPSA) is 97.4 Å². The van der Waals surface area contributed by atoms with Crippen molar-refractivity contribution in [3.63, 3.8) is 0 Å². The molecule has 2 amide bonds. The maximum atomic E-state index is 13.0. The van der Waals surface area contributed by atoms with Crippen LogP contribution in [0.3, 0.4) is 0 Å². The molecule has 0 aromatic heterocycles. The third kappa shape index (κ3) is 7.34. The van der Waals surface area contributed by atoms with Gasteiger partial charge in [-0.2, -0.15) is 0 Å². The van der Waals surface area contributed by atoms with Gasteiger partial charge in [-0.05, 0) is 46.1 Å². The molecule has 2 fully saturated rings. The lowest BCUT2D eigenvalue weighted by Gasteiger charge is -2.42. The highest BCUT2D eigenvalue weighted by atomic mass is 16.6. The molecule has 1 aliphatic carbocycles. The van der Waals surface area contributed by atoms with Crippen LogP contribution in [0.5, 0.6) is 0 Å². The molecule has 0 bridgehead atoms. The van der Waals surface area contributed by atoms with Crippen molar-refractivity contribution >= 4 is 18.2 Å². The quantitative estimate of drug-likeness (QED) is 0.440. The third-order valence-corrected chi connectivity index (χ3v) is 6.44. The van der Waals surface area contributed by atoms with E-state index in [4.69, 9.17) is 14.2 Å². The van der Waals surface area contributed by atoms with E-state index >= 15 is 0 Å². The lowest BCUT2D eigenvalue weighted by molar-refractivity contribution is -0.160. The Balaban J connectivity index is 1.63. The van der Waals surface area contributed by atoms with Crippen LogP contribution in [0, 0.1) is 5.41 Å². The van der Waals surface area contributed by atoms with E-state index in [1.165, 1.54) is 0 Å². The van der Waals surface area contributed by atoms with Crippen LogP contribution in [0.4, 0.5) is 9.59 Å². The summed E-state index contributed by atoms with van der Waals surface area (Å²) in [6.07, 6.45) is 1.75. The number of esters is 1. The molecule has 194 valence electrons. The van der Waals surface area contributed by atoms with Crippen molar-refractivity contribution in [3.05, 3.63) is 35.9 Å². The molecule has 0 spiro atoms. The fraction of sp³-hybridized carbons (Fsp3) is 0.654. The molecule has 3 rings (SSSR count). The Bertz CT molecular complexity index is 866. The maximum Gasteiger partial charge on any atom is 0.410 e. The molecule has 9 heteroatoms. The second-order valence-corrected chi connectivity index (χ2v) is 10.3. The molecule has 1 saturated carbocycles. The lowest BCUT2D eigenvalue weighted by atomic mass is 9.68. The van der Waals surface area contributed by atoms with E-state index in [1.54, 1.807) is 9.80 Å². The number of rotatable bonds is 8. The monoisotopic (exact) mass is 489 g/mol. The van der Waals surface area contributed by atoms with Crippen LogP contribution >= 0.6 is 0 Å². The van der Waals surface area contributed by atoms with E-state index in [-0.39, 0.29) is 18.6 Å². The van der Waals surface area contributed by atoms with Crippen molar-refractivity contribution in [2.24, 2.45) is 5.41 Å². The Labute approximate surface area is 208 Å². The fourth-order valence-electron chi connectivity index (χ4n) is 4.38. The van der Waals surface area contributed by atoms with E-state index in [2.05, 4.69) is 5.32 Å². The number of nitrogens with zero attached hydrogens (tertiary/aromatic N) is 2. The van der Waals surface area contributed by atoms with E-state index in [9.17, 15) is 14.4 Å². The SMILES string of the molecule is CCOC(=O)C1(CNCC2CN(C(=O)OC(C)(C)C)CCN2C(=O)OCc2ccccc2)CCC1. The van der Waals surface area contributed by atoms with Crippen LogP contribution in [0.25, 0.3) is 0 Å². The average Bonchev–Trinajstić information content (AvgIpc) is 2.78. The zero-order chi connectivity index (χ0) is 25.5. The van der Waals surface area contributed by atoms with Crippen LogP contribution in [-0.2, 0) is 25.6 Å². The Morgan fingerprint density at radius 2 is 1.77 bits per heavy atom. The highest BCUT2D eigenvalue weighted by Gasteiger charge is 2.45. The summed E-state index contributed by atoms with van der Waals surface area (Å²) in [6.45, 7) is 9.73. The van der Waals surface area contributed by atoms with Gasteiger partial charge in [0.25, 0.3) is 0 Å². The molecule has 1 N–H and O–H groups in total. The Morgan fingerprint density at radius 3 is 2.37 bits per heavy atom. The van der Waals surface area contributed by atoms with E-state index in [0.29, 0.717) is 39.3 Å². The minimum absolute atomic E-state index is 0.170. The molecular weight excluding hydrogens is 450 g/mol. The van der Waals surface area contributed by atoms with Gasteiger partial charge in [-0.1, -0.05) is 36.8 Å². The van der Waals surface area contributed by atoms with Crippen LogP contribution in [0.15, 0.2) is 30.3 Å². The number of benzene rings is 1. The second-order valence-electron chi connectivity index (χ2n) is 10.3. The normalized spacial score (nSPS) is 19.5. The number of hydrogen-bond acceptors (Lipinski definition) is 7. The average molecular weight is 490 g/mol. The zero-order valence-electron chi connectivity index (χ0n) is 21.4. The Kier molecular flexibility index (Phi) is 8.99. The summed E-state index contributed by atoms with van der Waals surface area (Å²) in [5, 5.41) is 3.37. The molecule has 1 aromatic carbocycles. The van der Waals surface area contributed by atoms with Crippen LogP contribution in [0.2, 0.25) is 0 Å². The fourth-order valence-corrected chi connectivity index (χ4v) is 4.38. The van der Waals surface area contributed by atoms with Gasteiger partial charge in [0.1, 0.15) is 12.2 Å². The summed E-state index contributed by atoms with van der Waals surface area (Å²) in [6, 6.07) is 9.19. The smallest absolute Gasteiger partial charge is 0.410 e. The molecule has 35 heavy (non-hydrogen) atoms. The predicted octanol–water partition coefficient (Wildman–Crippen LogP) is 3.57. The Hall–Kier alpha value is -2.81. The first kappa shape index (κ1) is 26.8. The van der Waals surface area contributed by atoms with Gasteiger partial charge in [0.2, 0.25) is 0 Å². The first-order valence-corrected chi connectivity index (χ1v) is 12.5. The maximum absolute atomic E-state index is 13.0. The molecule has 2 aliphatic rings. The Morgan fingerprint density at radius 1 is 1.06 bits per heavy atom. The van der Waals surface area contributed by atoms with Gasteiger partial charge in [-0.25, -0.2) is 9.59 Å². The van der Waals surface area contributed by atoms with Gasteiger partial charge in [0, 0.05) is 32.7 Å². The summed E-state index contributed by atoms with van der Waals surface area (Å²) in [7, 11) is 0. The summed E-state index contributed by atoms with van der Waals surface area (Å²) in [5.41, 5.74) is -0.203. The van der Waals surface area contributed by atoms with Gasteiger partial charge in [-0.3, -0.25) is 4.79 Å². The number of piperazine rings is 1. The minimum Gasteiger partial charge on any atom is -0.466 e. The van der Waals surface area contributed by atoms with Crippen LogP contribution in [-0.4, -0.2) is 78.9 Å². The summed E-state index contributed by atoms with van der Waals surface area (Å²) >= 11 is 0. The lowest BCUT2D eigenvalue weighted by Crippen LogP contribution is -2.60. The highest BCUT2D eigenvalue weighted by molar-refractivity contribution is 5.78. The number of amides is 2. The molecule has 1 aromatic rings. The third-order valence-electron chi connectivity index (χ3n) is 6.44. The molecule has 1 heterocycles. The standard InChI is InChI=1S/C26H39N3O6/c1-5-33-22(30)26(12-9-13-26)19-27-16-21-17-28(23(31)35-25(2,3)4)14-15-29(21)24(32)34-18-20-10-7-6-8-11-20/h6-8,10-11,21,27H,5,9,12-19H2,1-4H3. The predicted molar refractivity (Wildman–Crippen MR) is 131 cm³/mol. The number of carbonyl (C=O) groups is 3. The van der Waals surface area contributed by atoms with Crippen molar-refractivity contribution in [3.8, 4) is 0 Å². The number of hydrogen-bond donors (Lipinski definition) is 1. The van der Waals surface area contributed by atoms with Crippen molar-refractivity contribution in [1.29, 1.82) is 0 Å². The van der Waals surface area contributed by atoms with E-state index < -0.39 is 23.2 Å². The minimum atomic E-state index is -0.604. The van der Waals surface area contributed by atoms with Crippen LogP contribution < -0.4 is 5.32 Å².